The SMILES string of the molecule is CC(C)CCNC(=O)[C@H]1CN(C(=O)CC(C)C)C[C@@H]1c1cccc(F)c1. The Hall–Kier alpha value is -1.91. The van der Waals surface area contributed by atoms with Gasteiger partial charge in [0.05, 0.1) is 5.92 Å². The molecule has 0 unspecified atom stereocenters. The molecule has 5 heteroatoms. The molecule has 0 bridgehead atoms. The number of carbonyl (C=O) groups is 2. The number of carbonyl (C=O) groups excluding carboxylic acids is 2. The Morgan fingerprint density at radius 3 is 2.54 bits per heavy atom. The number of halogens is 1. The molecule has 1 N–H and O–H groups in total. The van der Waals surface area contributed by atoms with Crippen molar-refractivity contribution in [2.75, 3.05) is 19.6 Å². The number of rotatable bonds is 7. The van der Waals surface area contributed by atoms with E-state index in [0.29, 0.717) is 32.0 Å². The van der Waals surface area contributed by atoms with Crippen LogP contribution in [-0.2, 0) is 9.59 Å². The van der Waals surface area contributed by atoms with Crippen LogP contribution >= 0.6 is 0 Å². The minimum Gasteiger partial charge on any atom is -0.356 e. The normalized spacial score (nSPS) is 20.0. The summed E-state index contributed by atoms with van der Waals surface area (Å²) >= 11 is 0. The van der Waals surface area contributed by atoms with E-state index in [9.17, 15) is 14.0 Å². The van der Waals surface area contributed by atoms with E-state index in [1.807, 2.05) is 19.9 Å². The van der Waals surface area contributed by atoms with Crippen molar-refractivity contribution < 1.29 is 14.0 Å². The molecule has 1 aromatic carbocycles. The van der Waals surface area contributed by atoms with Gasteiger partial charge in [-0.2, -0.15) is 0 Å². The molecule has 0 radical (unpaired) electrons. The summed E-state index contributed by atoms with van der Waals surface area (Å²) < 4.78 is 13.7. The van der Waals surface area contributed by atoms with Crippen molar-refractivity contribution in [3.05, 3.63) is 35.6 Å². The Kier molecular flexibility index (Phi) is 7.18. The summed E-state index contributed by atoms with van der Waals surface area (Å²) in [5.41, 5.74) is 0.786. The summed E-state index contributed by atoms with van der Waals surface area (Å²) in [5.74, 6) is 0.00375. The van der Waals surface area contributed by atoms with Crippen molar-refractivity contribution in [1.29, 1.82) is 0 Å². The molecular formula is C21H31FN2O2. The monoisotopic (exact) mass is 362 g/mol. The van der Waals surface area contributed by atoms with Crippen LogP contribution in [0.25, 0.3) is 0 Å². The molecule has 2 rings (SSSR count). The Morgan fingerprint density at radius 2 is 1.92 bits per heavy atom. The van der Waals surface area contributed by atoms with Gasteiger partial charge >= 0.3 is 0 Å². The number of hydrogen-bond acceptors (Lipinski definition) is 2. The molecular weight excluding hydrogens is 331 g/mol. The molecule has 2 amide bonds. The topological polar surface area (TPSA) is 49.4 Å². The minimum absolute atomic E-state index is 0.0419. The van der Waals surface area contributed by atoms with Crippen LogP contribution in [0, 0.1) is 23.6 Å². The van der Waals surface area contributed by atoms with Crippen molar-refractivity contribution in [1.82, 2.24) is 10.2 Å². The van der Waals surface area contributed by atoms with E-state index in [1.54, 1.807) is 11.0 Å². The van der Waals surface area contributed by atoms with Gasteiger partial charge in [0.1, 0.15) is 5.82 Å². The average Bonchev–Trinajstić information content (AvgIpc) is 2.99. The minimum atomic E-state index is -0.333. The van der Waals surface area contributed by atoms with Crippen molar-refractivity contribution in [2.45, 2.75) is 46.5 Å². The molecule has 1 heterocycles. The fraction of sp³-hybridized carbons (Fsp3) is 0.619. The standard InChI is InChI=1S/C21H31FN2O2/c1-14(2)8-9-23-21(26)19-13-24(20(25)10-15(3)4)12-18(19)16-6-5-7-17(22)11-16/h5-7,11,14-15,18-19H,8-10,12-13H2,1-4H3,(H,23,26)/t18-,19+/m1/s1. The van der Waals surface area contributed by atoms with Crippen LogP contribution in [0.3, 0.4) is 0 Å². The van der Waals surface area contributed by atoms with Gasteiger partial charge in [0.15, 0.2) is 0 Å². The summed E-state index contributed by atoms with van der Waals surface area (Å²) in [5, 5.41) is 3.00. The molecule has 1 aromatic rings. The highest BCUT2D eigenvalue weighted by atomic mass is 19.1. The third kappa shape index (κ3) is 5.55. The third-order valence-electron chi connectivity index (χ3n) is 4.89. The largest absolute Gasteiger partial charge is 0.356 e. The van der Waals surface area contributed by atoms with Crippen LogP contribution in [0.1, 0.15) is 52.0 Å². The zero-order chi connectivity index (χ0) is 19.3. The van der Waals surface area contributed by atoms with Gasteiger partial charge in [-0.25, -0.2) is 4.39 Å². The fourth-order valence-corrected chi connectivity index (χ4v) is 3.44. The number of nitrogens with one attached hydrogen (secondary N) is 1. The molecule has 1 fully saturated rings. The lowest BCUT2D eigenvalue weighted by molar-refractivity contribution is -0.131. The van der Waals surface area contributed by atoms with Crippen LogP contribution in [-0.4, -0.2) is 36.3 Å². The zero-order valence-corrected chi connectivity index (χ0v) is 16.3. The van der Waals surface area contributed by atoms with E-state index in [0.717, 1.165) is 12.0 Å². The molecule has 0 aromatic heterocycles. The van der Waals surface area contributed by atoms with Gasteiger partial charge < -0.3 is 10.2 Å². The number of nitrogens with zero attached hydrogens (tertiary/aromatic N) is 1. The molecule has 0 spiro atoms. The van der Waals surface area contributed by atoms with Gasteiger partial charge in [0.25, 0.3) is 0 Å². The number of amides is 2. The molecule has 26 heavy (non-hydrogen) atoms. The molecule has 1 aliphatic heterocycles. The van der Waals surface area contributed by atoms with Crippen molar-refractivity contribution in [3.63, 3.8) is 0 Å². The first-order valence-corrected chi connectivity index (χ1v) is 9.58. The van der Waals surface area contributed by atoms with Gasteiger partial charge in [0.2, 0.25) is 11.8 Å². The Bertz CT molecular complexity index is 630. The molecule has 1 saturated heterocycles. The lowest BCUT2D eigenvalue weighted by Crippen LogP contribution is -2.36. The average molecular weight is 362 g/mol. The molecule has 2 atom stereocenters. The van der Waals surface area contributed by atoms with Gasteiger partial charge in [-0.05, 0) is 36.0 Å². The maximum Gasteiger partial charge on any atom is 0.225 e. The number of benzene rings is 1. The van der Waals surface area contributed by atoms with E-state index < -0.39 is 0 Å². The quantitative estimate of drug-likeness (QED) is 0.806. The first kappa shape index (κ1) is 20.4. The maximum absolute atomic E-state index is 13.7. The fourth-order valence-electron chi connectivity index (χ4n) is 3.44. The summed E-state index contributed by atoms with van der Waals surface area (Å²) in [6.45, 7) is 9.75. The summed E-state index contributed by atoms with van der Waals surface area (Å²) in [4.78, 5) is 27.0. The van der Waals surface area contributed by atoms with Gasteiger partial charge in [-0.15, -0.1) is 0 Å². The van der Waals surface area contributed by atoms with Crippen LogP contribution in [0.4, 0.5) is 4.39 Å². The highest BCUT2D eigenvalue weighted by molar-refractivity contribution is 5.83. The van der Waals surface area contributed by atoms with Crippen LogP contribution in [0.15, 0.2) is 24.3 Å². The lowest BCUT2D eigenvalue weighted by atomic mass is 9.88. The summed E-state index contributed by atoms with van der Waals surface area (Å²) in [6.07, 6.45) is 1.39. The lowest BCUT2D eigenvalue weighted by Gasteiger charge is -2.18. The smallest absolute Gasteiger partial charge is 0.225 e. The predicted octanol–water partition coefficient (Wildman–Crippen LogP) is 3.58. The molecule has 144 valence electrons. The molecule has 1 aliphatic rings. The van der Waals surface area contributed by atoms with Crippen molar-refractivity contribution in [2.24, 2.45) is 17.8 Å². The highest BCUT2D eigenvalue weighted by Crippen LogP contribution is 2.34. The Labute approximate surface area is 156 Å². The predicted molar refractivity (Wildman–Crippen MR) is 101 cm³/mol. The second kappa shape index (κ2) is 9.15. The first-order chi connectivity index (χ1) is 12.3. The van der Waals surface area contributed by atoms with Crippen LogP contribution in [0.2, 0.25) is 0 Å². The maximum atomic E-state index is 13.7. The second-order valence-electron chi connectivity index (χ2n) is 8.14. The number of hydrogen-bond donors (Lipinski definition) is 1. The molecule has 0 aliphatic carbocycles. The summed E-state index contributed by atoms with van der Waals surface area (Å²) in [7, 11) is 0. The second-order valence-corrected chi connectivity index (χ2v) is 8.14. The highest BCUT2D eigenvalue weighted by Gasteiger charge is 2.40. The van der Waals surface area contributed by atoms with E-state index >= 15 is 0 Å². The first-order valence-electron chi connectivity index (χ1n) is 9.58. The number of likely N-dealkylation sites (tertiary alicyclic amines) is 1. The van der Waals surface area contributed by atoms with Gasteiger partial charge in [-0.1, -0.05) is 39.8 Å². The molecule has 4 nitrogen and oxygen atoms in total. The third-order valence-corrected chi connectivity index (χ3v) is 4.89. The van der Waals surface area contributed by atoms with E-state index in [1.165, 1.54) is 12.1 Å². The van der Waals surface area contributed by atoms with Gasteiger partial charge in [-0.3, -0.25) is 9.59 Å². The van der Waals surface area contributed by atoms with Gasteiger partial charge in [0, 0.05) is 32.0 Å². The summed E-state index contributed by atoms with van der Waals surface area (Å²) in [6, 6.07) is 6.39. The molecule has 0 saturated carbocycles. The van der Waals surface area contributed by atoms with E-state index in [-0.39, 0.29) is 35.4 Å². The Balaban J connectivity index is 2.14. The van der Waals surface area contributed by atoms with Crippen molar-refractivity contribution >= 4 is 11.8 Å². The van der Waals surface area contributed by atoms with Crippen LogP contribution in [0.5, 0.6) is 0 Å². The Morgan fingerprint density at radius 1 is 1.19 bits per heavy atom. The van der Waals surface area contributed by atoms with Crippen LogP contribution < -0.4 is 5.32 Å². The zero-order valence-electron chi connectivity index (χ0n) is 16.3. The van der Waals surface area contributed by atoms with E-state index in [4.69, 9.17) is 0 Å². The van der Waals surface area contributed by atoms with Crippen molar-refractivity contribution in [3.8, 4) is 0 Å². The van der Waals surface area contributed by atoms with E-state index in [2.05, 4.69) is 19.2 Å².